The van der Waals surface area contributed by atoms with Crippen molar-refractivity contribution in [3.05, 3.63) is 94.2 Å². The lowest BCUT2D eigenvalue weighted by Gasteiger charge is -2.23. The van der Waals surface area contributed by atoms with Crippen LogP contribution in [0.25, 0.3) is 22.3 Å². The fourth-order valence-corrected chi connectivity index (χ4v) is 4.27. The lowest BCUT2D eigenvalue weighted by atomic mass is 10.1. The summed E-state index contributed by atoms with van der Waals surface area (Å²) >= 11 is 1.48. The first-order chi connectivity index (χ1) is 16.1. The van der Waals surface area contributed by atoms with Crippen LogP contribution in [0.5, 0.6) is 0 Å². The Labute approximate surface area is 193 Å². The Kier molecular flexibility index (Phi) is 5.30. The van der Waals surface area contributed by atoms with Crippen LogP contribution >= 0.6 is 11.3 Å². The van der Waals surface area contributed by atoms with E-state index in [4.69, 9.17) is 10.2 Å². The quantitative estimate of drug-likeness (QED) is 0.371. The maximum absolute atomic E-state index is 11.8. The van der Waals surface area contributed by atoms with Gasteiger partial charge in [0.15, 0.2) is 5.13 Å². The molecule has 160 valence electrons. The first-order valence-electron chi connectivity index (χ1n) is 10.2. The highest BCUT2D eigenvalue weighted by Crippen LogP contribution is 2.36. The van der Waals surface area contributed by atoms with Crippen molar-refractivity contribution < 1.29 is 0 Å². The topological polar surface area (TPSA) is 97.7 Å². The highest BCUT2D eigenvalue weighted by molar-refractivity contribution is 7.14. The Morgan fingerprint density at radius 2 is 1.88 bits per heavy atom. The molecule has 0 spiro atoms. The summed E-state index contributed by atoms with van der Waals surface area (Å²) in [5.74, 6) is 0. The first-order valence-corrected chi connectivity index (χ1v) is 11.0. The van der Waals surface area contributed by atoms with E-state index in [0.29, 0.717) is 21.7 Å². The highest BCUT2D eigenvalue weighted by atomic mass is 32.1. The van der Waals surface area contributed by atoms with Gasteiger partial charge in [-0.1, -0.05) is 30.3 Å². The molecule has 0 saturated carbocycles. The monoisotopic (exact) mass is 450 g/mol. The molecule has 2 aromatic heterocycles. The number of nitrogens with one attached hydrogen (secondary N) is 2. The van der Waals surface area contributed by atoms with E-state index in [0.717, 1.165) is 28.3 Å². The molecular formula is C25H18N6OS. The van der Waals surface area contributed by atoms with Crippen LogP contribution in [-0.4, -0.2) is 22.0 Å². The Morgan fingerprint density at radius 1 is 1.09 bits per heavy atom. The summed E-state index contributed by atoms with van der Waals surface area (Å²) in [6.45, 7) is 0. The maximum atomic E-state index is 11.8. The summed E-state index contributed by atoms with van der Waals surface area (Å²) in [6.07, 6.45) is 1.28. The first kappa shape index (κ1) is 20.4. The molecule has 0 bridgehead atoms. The van der Waals surface area contributed by atoms with Crippen molar-refractivity contribution in [3.8, 4) is 17.3 Å². The van der Waals surface area contributed by atoms with Crippen LogP contribution in [-0.2, 0) is 0 Å². The van der Waals surface area contributed by atoms with Gasteiger partial charge >= 0.3 is 0 Å². The third-order valence-electron chi connectivity index (χ3n) is 5.25. The van der Waals surface area contributed by atoms with Crippen molar-refractivity contribution in [3.63, 3.8) is 0 Å². The number of hydrogen-bond donors (Lipinski definition) is 2. The number of para-hydroxylation sites is 1. The van der Waals surface area contributed by atoms with Crippen molar-refractivity contribution in [1.29, 1.82) is 5.26 Å². The van der Waals surface area contributed by atoms with Crippen LogP contribution in [0.4, 0.5) is 22.2 Å². The third kappa shape index (κ3) is 4.18. The number of anilines is 4. The third-order valence-corrected chi connectivity index (χ3v) is 6.01. The second-order valence-electron chi connectivity index (χ2n) is 7.38. The molecule has 33 heavy (non-hydrogen) atoms. The fraction of sp³-hybridized carbons (Fsp3) is 0.0400. The average Bonchev–Trinajstić information content (AvgIpc) is 3.32. The van der Waals surface area contributed by atoms with Gasteiger partial charge in [-0.05, 0) is 36.4 Å². The second kappa shape index (κ2) is 8.57. The van der Waals surface area contributed by atoms with Crippen molar-refractivity contribution in [2.24, 2.45) is 0 Å². The van der Waals surface area contributed by atoms with Gasteiger partial charge in [-0.2, -0.15) is 5.26 Å². The van der Waals surface area contributed by atoms with Crippen LogP contribution < -0.4 is 15.8 Å². The van der Waals surface area contributed by atoms with E-state index >= 15 is 0 Å². The van der Waals surface area contributed by atoms with E-state index in [2.05, 4.69) is 26.3 Å². The standard InChI is InChI=1S/C25H18N6OS/c1-31(18-5-3-2-4-6-18)23-12-19-20(28-24(32)14-27-19)11-21(23)29-25-30-22(15-33-25)17-9-7-16(13-26)8-10-17/h2-12,14-15H,1H3,(H,28,32)(H,29,30). The van der Waals surface area contributed by atoms with E-state index in [1.807, 2.05) is 67.0 Å². The lowest BCUT2D eigenvalue weighted by Crippen LogP contribution is -2.12. The molecule has 5 aromatic rings. The zero-order chi connectivity index (χ0) is 22.8. The van der Waals surface area contributed by atoms with Crippen LogP contribution in [0.2, 0.25) is 0 Å². The van der Waals surface area contributed by atoms with Gasteiger partial charge in [-0.3, -0.25) is 4.79 Å². The number of aromatic amines is 1. The summed E-state index contributed by atoms with van der Waals surface area (Å²) in [6, 6.07) is 23.3. The minimum atomic E-state index is -0.255. The van der Waals surface area contributed by atoms with Gasteiger partial charge in [0.05, 0.1) is 45.9 Å². The molecule has 8 heteroatoms. The number of hydrogen-bond acceptors (Lipinski definition) is 7. The van der Waals surface area contributed by atoms with E-state index in [1.165, 1.54) is 17.5 Å². The number of rotatable bonds is 5. The van der Waals surface area contributed by atoms with E-state index in [1.54, 1.807) is 12.1 Å². The smallest absolute Gasteiger partial charge is 0.266 e. The van der Waals surface area contributed by atoms with Crippen LogP contribution in [0.3, 0.4) is 0 Å². The highest BCUT2D eigenvalue weighted by Gasteiger charge is 2.14. The largest absolute Gasteiger partial charge is 0.343 e. The zero-order valence-electron chi connectivity index (χ0n) is 17.6. The maximum Gasteiger partial charge on any atom is 0.266 e. The Hall–Kier alpha value is -4.48. The molecule has 0 atom stereocenters. The minimum Gasteiger partial charge on any atom is -0.343 e. The molecule has 2 heterocycles. The van der Waals surface area contributed by atoms with Crippen LogP contribution in [0.15, 0.2) is 83.1 Å². The summed E-state index contributed by atoms with van der Waals surface area (Å²) < 4.78 is 0. The number of aromatic nitrogens is 3. The van der Waals surface area contributed by atoms with Gasteiger partial charge in [-0.15, -0.1) is 11.3 Å². The zero-order valence-corrected chi connectivity index (χ0v) is 18.4. The van der Waals surface area contributed by atoms with Gasteiger partial charge in [-0.25, -0.2) is 9.97 Å². The second-order valence-corrected chi connectivity index (χ2v) is 8.24. The van der Waals surface area contributed by atoms with Gasteiger partial charge < -0.3 is 15.2 Å². The summed E-state index contributed by atoms with van der Waals surface area (Å²) in [5.41, 5.74) is 6.14. The molecule has 5 rings (SSSR count). The molecule has 7 nitrogen and oxygen atoms in total. The predicted molar refractivity (Wildman–Crippen MR) is 132 cm³/mol. The SMILES string of the molecule is CN(c1ccccc1)c1cc2ncc(=O)[nH]c2cc1Nc1nc(-c2ccc(C#N)cc2)cs1. The molecule has 0 saturated heterocycles. The van der Waals surface area contributed by atoms with Crippen molar-refractivity contribution >= 4 is 44.6 Å². The van der Waals surface area contributed by atoms with Crippen molar-refractivity contribution in [1.82, 2.24) is 15.0 Å². The number of thiazole rings is 1. The van der Waals surface area contributed by atoms with Gasteiger partial charge in [0, 0.05) is 23.7 Å². The minimum absolute atomic E-state index is 0.255. The van der Waals surface area contributed by atoms with E-state index < -0.39 is 0 Å². The normalized spacial score (nSPS) is 10.7. The molecule has 0 unspecified atom stereocenters. The van der Waals surface area contributed by atoms with E-state index in [9.17, 15) is 4.79 Å². The molecule has 0 amide bonds. The number of nitriles is 1. The molecule has 2 N–H and O–H groups in total. The van der Waals surface area contributed by atoms with Crippen LogP contribution in [0.1, 0.15) is 5.56 Å². The number of benzene rings is 3. The van der Waals surface area contributed by atoms with Crippen LogP contribution in [0, 0.1) is 11.3 Å². The molecule has 3 aromatic carbocycles. The molecule has 0 aliphatic heterocycles. The lowest BCUT2D eigenvalue weighted by molar-refractivity contribution is 1.19. The van der Waals surface area contributed by atoms with E-state index in [-0.39, 0.29) is 5.56 Å². The molecular weight excluding hydrogens is 432 g/mol. The Balaban J connectivity index is 1.54. The number of nitrogens with zero attached hydrogens (tertiary/aromatic N) is 4. The summed E-state index contributed by atoms with van der Waals surface area (Å²) in [5, 5.41) is 15.1. The number of H-pyrrole nitrogens is 1. The molecule has 0 fully saturated rings. The predicted octanol–water partition coefficient (Wildman–Crippen LogP) is 5.43. The summed E-state index contributed by atoms with van der Waals surface area (Å²) in [7, 11) is 1.98. The molecule has 0 aliphatic rings. The van der Waals surface area contributed by atoms with Gasteiger partial charge in [0.1, 0.15) is 0 Å². The molecule has 0 aliphatic carbocycles. The number of fused-ring (bicyclic) bond motifs is 1. The Morgan fingerprint density at radius 3 is 2.64 bits per heavy atom. The fourth-order valence-electron chi connectivity index (χ4n) is 3.54. The summed E-state index contributed by atoms with van der Waals surface area (Å²) in [4.78, 5) is 25.7. The van der Waals surface area contributed by atoms with Gasteiger partial charge in [0.25, 0.3) is 5.56 Å². The van der Waals surface area contributed by atoms with Gasteiger partial charge in [0.2, 0.25) is 0 Å². The molecule has 0 radical (unpaired) electrons. The van der Waals surface area contributed by atoms with Crippen molar-refractivity contribution in [2.45, 2.75) is 0 Å². The van der Waals surface area contributed by atoms with Crippen molar-refractivity contribution in [2.75, 3.05) is 17.3 Å². The average molecular weight is 451 g/mol. The Bertz CT molecular complexity index is 1530.